The summed E-state index contributed by atoms with van der Waals surface area (Å²) in [5.41, 5.74) is 3.19. The molecule has 0 saturated carbocycles. The first kappa shape index (κ1) is 16.8. The summed E-state index contributed by atoms with van der Waals surface area (Å²) in [5.74, 6) is -0.203. The fraction of sp³-hybridized carbons (Fsp3) is 0.333. The minimum absolute atomic E-state index is 0.245. The van der Waals surface area contributed by atoms with Crippen LogP contribution in [0.15, 0.2) is 30.3 Å². The number of hydrogen-bond acceptors (Lipinski definition) is 3. The average molecular weight is 314 g/mol. The van der Waals surface area contributed by atoms with Gasteiger partial charge in [0.25, 0.3) is 5.91 Å². The van der Waals surface area contributed by atoms with Crippen LogP contribution in [0.2, 0.25) is 0 Å². The first-order valence-corrected chi connectivity index (χ1v) is 7.59. The Morgan fingerprint density at radius 1 is 1.22 bits per heavy atom. The van der Waals surface area contributed by atoms with Crippen LogP contribution >= 0.6 is 0 Å². The monoisotopic (exact) mass is 314 g/mol. The van der Waals surface area contributed by atoms with E-state index in [0.29, 0.717) is 17.2 Å². The highest BCUT2D eigenvalue weighted by Crippen LogP contribution is 2.19. The maximum Gasteiger partial charge on any atom is 0.356 e. The fourth-order valence-corrected chi connectivity index (χ4v) is 2.41. The number of esters is 1. The number of nitrogens with one attached hydrogen (secondary N) is 2. The smallest absolute Gasteiger partial charge is 0.356 e. The van der Waals surface area contributed by atoms with Crippen molar-refractivity contribution in [3.63, 3.8) is 0 Å². The van der Waals surface area contributed by atoms with Crippen LogP contribution in [0.5, 0.6) is 0 Å². The fourth-order valence-electron chi connectivity index (χ4n) is 2.41. The summed E-state index contributed by atoms with van der Waals surface area (Å²) in [6.45, 7) is 6.12. The van der Waals surface area contributed by atoms with E-state index in [0.717, 1.165) is 12.1 Å². The minimum Gasteiger partial charge on any atom is -0.464 e. The van der Waals surface area contributed by atoms with Crippen LogP contribution in [0, 0.1) is 12.8 Å². The standard InChI is InChI=1S/C18H22N2O3/c1-11(2)9-13-5-7-14(8-6-13)17(21)20-15-10-12(3)19-16(15)18(22)23-4/h5-8,10-11,19H,9H2,1-4H3,(H,20,21). The number of H-pyrrole nitrogens is 1. The van der Waals surface area contributed by atoms with Gasteiger partial charge in [-0.1, -0.05) is 26.0 Å². The van der Waals surface area contributed by atoms with Crippen molar-refractivity contribution in [2.75, 3.05) is 12.4 Å². The number of aromatic amines is 1. The van der Waals surface area contributed by atoms with Crippen LogP contribution in [-0.4, -0.2) is 24.0 Å². The molecule has 5 nitrogen and oxygen atoms in total. The Balaban J connectivity index is 2.14. The van der Waals surface area contributed by atoms with Crippen LogP contribution in [0.1, 0.15) is 46.0 Å². The molecule has 0 aliphatic carbocycles. The van der Waals surface area contributed by atoms with Gasteiger partial charge in [-0.3, -0.25) is 4.79 Å². The molecular weight excluding hydrogens is 292 g/mol. The Hall–Kier alpha value is -2.56. The van der Waals surface area contributed by atoms with Crippen LogP contribution in [0.3, 0.4) is 0 Å². The highest BCUT2D eigenvalue weighted by Gasteiger charge is 2.17. The molecule has 0 atom stereocenters. The summed E-state index contributed by atoms with van der Waals surface area (Å²) in [7, 11) is 1.30. The molecule has 2 rings (SSSR count). The molecule has 0 spiro atoms. The molecule has 1 amide bonds. The van der Waals surface area contributed by atoms with Crippen LogP contribution in [-0.2, 0) is 11.2 Å². The van der Waals surface area contributed by atoms with Crippen molar-refractivity contribution >= 4 is 17.6 Å². The summed E-state index contributed by atoms with van der Waals surface area (Å²) < 4.78 is 4.71. The van der Waals surface area contributed by atoms with Crippen LogP contribution < -0.4 is 5.32 Å². The van der Waals surface area contributed by atoms with Gasteiger partial charge in [0, 0.05) is 11.3 Å². The minimum atomic E-state index is -0.513. The van der Waals surface area contributed by atoms with E-state index in [-0.39, 0.29) is 11.6 Å². The molecule has 0 aliphatic heterocycles. The van der Waals surface area contributed by atoms with Crippen molar-refractivity contribution in [1.82, 2.24) is 4.98 Å². The van der Waals surface area contributed by atoms with E-state index >= 15 is 0 Å². The zero-order valence-electron chi connectivity index (χ0n) is 13.9. The first-order valence-electron chi connectivity index (χ1n) is 7.59. The maximum absolute atomic E-state index is 12.3. The van der Waals surface area contributed by atoms with Crippen molar-refractivity contribution in [2.24, 2.45) is 5.92 Å². The maximum atomic E-state index is 12.3. The molecule has 0 fully saturated rings. The second kappa shape index (κ2) is 7.13. The molecule has 122 valence electrons. The number of carbonyl (C=O) groups is 2. The van der Waals surface area contributed by atoms with Crippen LogP contribution in [0.25, 0.3) is 0 Å². The lowest BCUT2D eigenvalue weighted by atomic mass is 10.0. The summed E-state index contributed by atoms with van der Waals surface area (Å²) in [6.07, 6.45) is 0.978. The zero-order chi connectivity index (χ0) is 17.0. The number of benzene rings is 1. The van der Waals surface area contributed by atoms with Gasteiger partial charge in [-0.05, 0) is 43.0 Å². The molecule has 0 saturated heterocycles. The number of methoxy groups -OCH3 is 1. The molecule has 0 radical (unpaired) electrons. The van der Waals surface area contributed by atoms with Gasteiger partial charge in [-0.25, -0.2) is 4.79 Å². The Kier molecular flexibility index (Phi) is 5.21. The Bertz CT molecular complexity index is 700. The van der Waals surface area contributed by atoms with E-state index in [9.17, 15) is 9.59 Å². The van der Waals surface area contributed by atoms with Crippen molar-refractivity contribution < 1.29 is 14.3 Å². The number of rotatable bonds is 5. The van der Waals surface area contributed by atoms with E-state index in [1.165, 1.54) is 12.7 Å². The summed E-state index contributed by atoms with van der Waals surface area (Å²) >= 11 is 0. The molecule has 0 bridgehead atoms. The summed E-state index contributed by atoms with van der Waals surface area (Å²) in [4.78, 5) is 26.9. The number of carbonyl (C=O) groups excluding carboxylic acids is 2. The third kappa shape index (κ3) is 4.22. The highest BCUT2D eigenvalue weighted by atomic mass is 16.5. The predicted octanol–water partition coefficient (Wildman–Crippen LogP) is 3.56. The summed E-state index contributed by atoms with van der Waals surface area (Å²) in [5, 5.41) is 2.75. The Morgan fingerprint density at radius 2 is 1.87 bits per heavy atom. The van der Waals surface area contributed by atoms with Crippen molar-refractivity contribution in [2.45, 2.75) is 27.2 Å². The van der Waals surface area contributed by atoms with Gasteiger partial charge in [0.05, 0.1) is 12.8 Å². The van der Waals surface area contributed by atoms with E-state index < -0.39 is 5.97 Å². The molecule has 1 aromatic carbocycles. The van der Waals surface area contributed by atoms with Gasteiger partial charge in [0.15, 0.2) is 0 Å². The molecular formula is C18H22N2O3. The molecule has 0 unspecified atom stereocenters. The third-order valence-electron chi connectivity index (χ3n) is 3.45. The Morgan fingerprint density at radius 3 is 2.43 bits per heavy atom. The second-order valence-electron chi connectivity index (χ2n) is 5.98. The van der Waals surface area contributed by atoms with Crippen LogP contribution in [0.4, 0.5) is 5.69 Å². The predicted molar refractivity (Wildman–Crippen MR) is 89.8 cm³/mol. The largest absolute Gasteiger partial charge is 0.464 e. The number of anilines is 1. The van der Waals surface area contributed by atoms with Gasteiger partial charge in [-0.15, -0.1) is 0 Å². The van der Waals surface area contributed by atoms with Gasteiger partial charge < -0.3 is 15.0 Å². The molecule has 0 aliphatic rings. The quantitative estimate of drug-likeness (QED) is 0.829. The molecule has 1 heterocycles. The first-order chi connectivity index (χ1) is 10.9. The van der Waals surface area contributed by atoms with Crippen molar-refractivity contribution in [1.29, 1.82) is 0 Å². The second-order valence-corrected chi connectivity index (χ2v) is 5.98. The molecule has 5 heteroatoms. The number of aromatic nitrogens is 1. The lowest BCUT2D eigenvalue weighted by molar-refractivity contribution is 0.0596. The van der Waals surface area contributed by atoms with Gasteiger partial charge in [-0.2, -0.15) is 0 Å². The van der Waals surface area contributed by atoms with E-state index in [1.54, 1.807) is 18.2 Å². The summed E-state index contributed by atoms with van der Waals surface area (Å²) in [6, 6.07) is 9.21. The average Bonchev–Trinajstić information content (AvgIpc) is 2.87. The van der Waals surface area contributed by atoms with E-state index in [1.807, 2.05) is 19.1 Å². The number of aryl methyl sites for hydroxylation is 1. The number of hydrogen-bond donors (Lipinski definition) is 2. The van der Waals surface area contributed by atoms with Crippen molar-refractivity contribution in [3.05, 3.63) is 52.8 Å². The lowest BCUT2D eigenvalue weighted by Gasteiger charge is -2.08. The highest BCUT2D eigenvalue weighted by molar-refractivity contribution is 6.07. The molecule has 23 heavy (non-hydrogen) atoms. The van der Waals surface area contributed by atoms with E-state index in [2.05, 4.69) is 24.1 Å². The molecule has 1 aromatic heterocycles. The lowest BCUT2D eigenvalue weighted by Crippen LogP contribution is -2.14. The normalized spacial score (nSPS) is 10.7. The van der Waals surface area contributed by atoms with Gasteiger partial charge in [0.2, 0.25) is 0 Å². The molecule has 2 N–H and O–H groups in total. The SMILES string of the molecule is COC(=O)c1[nH]c(C)cc1NC(=O)c1ccc(CC(C)C)cc1. The zero-order valence-corrected chi connectivity index (χ0v) is 13.9. The Labute approximate surface area is 136 Å². The molecule has 2 aromatic rings. The van der Waals surface area contributed by atoms with Gasteiger partial charge in [0.1, 0.15) is 5.69 Å². The topological polar surface area (TPSA) is 71.2 Å². The van der Waals surface area contributed by atoms with E-state index in [4.69, 9.17) is 4.74 Å². The number of ether oxygens (including phenoxy) is 1. The van der Waals surface area contributed by atoms with Gasteiger partial charge >= 0.3 is 5.97 Å². The number of amides is 1. The van der Waals surface area contributed by atoms with Crippen molar-refractivity contribution in [3.8, 4) is 0 Å². The third-order valence-corrected chi connectivity index (χ3v) is 3.45.